The molecule has 1 aromatic heterocycles. The number of hydrogen-bond donors (Lipinski definition) is 1. The number of ether oxygens (including phenoxy) is 1. The average Bonchev–Trinajstić information content (AvgIpc) is 2.80. The van der Waals surface area contributed by atoms with Gasteiger partial charge in [-0.3, -0.25) is 4.68 Å². The van der Waals surface area contributed by atoms with Gasteiger partial charge in [0.2, 0.25) is 0 Å². The number of nitrogens with one attached hydrogen (secondary N) is 1. The average molecular weight is 267 g/mol. The molecule has 0 aromatic carbocycles. The highest BCUT2D eigenvalue weighted by atomic mass is 16.5. The fourth-order valence-corrected chi connectivity index (χ4v) is 2.51. The Morgan fingerprint density at radius 3 is 2.53 bits per heavy atom. The van der Waals surface area contributed by atoms with Crippen LogP contribution in [-0.4, -0.2) is 29.5 Å². The second kappa shape index (κ2) is 7.53. The van der Waals surface area contributed by atoms with Gasteiger partial charge >= 0.3 is 0 Å². The molecule has 0 spiro atoms. The Balaban J connectivity index is 2.79. The van der Waals surface area contributed by atoms with Gasteiger partial charge in [0.1, 0.15) is 0 Å². The van der Waals surface area contributed by atoms with E-state index in [1.54, 1.807) is 7.11 Å². The molecule has 0 aliphatic rings. The third-order valence-corrected chi connectivity index (χ3v) is 3.42. The van der Waals surface area contributed by atoms with Crippen LogP contribution in [0.4, 0.5) is 0 Å². The quantitative estimate of drug-likeness (QED) is 0.785. The van der Waals surface area contributed by atoms with Gasteiger partial charge in [0.15, 0.2) is 5.75 Å². The molecular weight excluding hydrogens is 238 g/mol. The zero-order valence-electron chi connectivity index (χ0n) is 13.2. The van der Waals surface area contributed by atoms with Crippen LogP contribution in [-0.2, 0) is 0 Å². The van der Waals surface area contributed by atoms with Gasteiger partial charge in [0, 0.05) is 18.0 Å². The van der Waals surface area contributed by atoms with Crippen molar-refractivity contribution >= 4 is 0 Å². The summed E-state index contributed by atoms with van der Waals surface area (Å²) in [6, 6.07) is 0.871. The molecule has 2 atom stereocenters. The Kier molecular flexibility index (Phi) is 6.35. The van der Waals surface area contributed by atoms with E-state index in [1.165, 1.54) is 12.1 Å². The molecule has 110 valence electrons. The molecule has 1 rings (SSSR count). The molecule has 4 heteroatoms. The van der Waals surface area contributed by atoms with Crippen molar-refractivity contribution in [1.82, 2.24) is 15.1 Å². The van der Waals surface area contributed by atoms with Crippen molar-refractivity contribution in [2.24, 2.45) is 0 Å². The van der Waals surface area contributed by atoms with Crippen molar-refractivity contribution in [3.05, 3.63) is 11.9 Å². The molecule has 0 bridgehead atoms. The molecular formula is C15H29N3O. The predicted molar refractivity (Wildman–Crippen MR) is 80.0 cm³/mol. The van der Waals surface area contributed by atoms with Gasteiger partial charge in [-0.25, -0.2) is 0 Å². The molecule has 1 heterocycles. The summed E-state index contributed by atoms with van der Waals surface area (Å²) in [5.41, 5.74) is 1.21. The number of aromatic nitrogens is 2. The molecule has 0 saturated carbocycles. The van der Waals surface area contributed by atoms with E-state index in [1.807, 2.05) is 6.20 Å². The first-order chi connectivity index (χ1) is 9.01. The normalized spacial score (nSPS) is 14.7. The van der Waals surface area contributed by atoms with Crippen LogP contribution < -0.4 is 10.1 Å². The maximum absolute atomic E-state index is 5.46. The van der Waals surface area contributed by atoms with Crippen molar-refractivity contribution in [3.8, 4) is 5.75 Å². The largest absolute Gasteiger partial charge is 0.493 e. The minimum Gasteiger partial charge on any atom is -0.493 e. The summed E-state index contributed by atoms with van der Waals surface area (Å²) in [4.78, 5) is 0. The van der Waals surface area contributed by atoms with E-state index in [-0.39, 0.29) is 0 Å². The molecule has 0 saturated heterocycles. The lowest BCUT2D eigenvalue weighted by Gasteiger charge is -2.21. The lowest BCUT2D eigenvalue weighted by atomic mass is 9.98. The van der Waals surface area contributed by atoms with E-state index in [0.717, 1.165) is 18.7 Å². The number of rotatable bonds is 8. The topological polar surface area (TPSA) is 39.1 Å². The molecule has 2 unspecified atom stereocenters. The van der Waals surface area contributed by atoms with Gasteiger partial charge in [0.25, 0.3) is 0 Å². The minimum atomic E-state index is 0.361. The van der Waals surface area contributed by atoms with Crippen molar-refractivity contribution < 1.29 is 4.74 Å². The van der Waals surface area contributed by atoms with E-state index >= 15 is 0 Å². The lowest BCUT2D eigenvalue weighted by Crippen LogP contribution is -2.28. The van der Waals surface area contributed by atoms with E-state index in [2.05, 4.69) is 49.7 Å². The molecule has 0 radical (unpaired) electrons. The third-order valence-electron chi connectivity index (χ3n) is 3.42. The van der Waals surface area contributed by atoms with E-state index in [0.29, 0.717) is 18.0 Å². The molecule has 0 aliphatic heterocycles. The zero-order valence-corrected chi connectivity index (χ0v) is 13.2. The third kappa shape index (κ3) is 4.23. The van der Waals surface area contributed by atoms with Gasteiger partial charge in [-0.15, -0.1) is 0 Å². The van der Waals surface area contributed by atoms with Crippen LogP contribution in [0, 0.1) is 0 Å². The molecule has 0 fully saturated rings. The van der Waals surface area contributed by atoms with Crippen molar-refractivity contribution in [2.75, 3.05) is 13.7 Å². The standard InChI is InChI=1S/C15H29N3O/c1-7-8-16-13(5)9-12(4)15-14(19-6)10-17-18(15)11(2)3/h10-13,16H,7-9H2,1-6H3. The number of methoxy groups -OCH3 is 1. The first-order valence-electron chi connectivity index (χ1n) is 7.35. The summed E-state index contributed by atoms with van der Waals surface area (Å²) in [6.07, 6.45) is 4.09. The van der Waals surface area contributed by atoms with Crippen LogP contribution >= 0.6 is 0 Å². The van der Waals surface area contributed by atoms with Crippen LogP contribution in [0.15, 0.2) is 6.20 Å². The summed E-state index contributed by atoms with van der Waals surface area (Å²) < 4.78 is 7.54. The van der Waals surface area contributed by atoms with Crippen molar-refractivity contribution in [3.63, 3.8) is 0 Å². The van der Waals surface area contributed by atoms with Gasteiger partial charge < -0.3 is 10.1 Å². The summed E-state index contributed by atoms with van der Waals surface area (Å²) in [7, 11) is 1.72. The maximum atomic E-state index is 5.46. The minimum absolute atomic E-state index is 0.361. The molecule has 1 N–H and O–H groups in total. The van der Waals surface area contributed by atoms with Crippen molar-refractivity contribution in [1.29, 1.82) is 0 Å². The second-order valence-corrected chi connectivity index (χ2v) is 5.63. The smallest absolute Gasteiger partial charge is 0.160 e. The van der Waals surface area contributed by atoms with Gasteiger partial charge in [-0.05, 0) is 40.2 Å². The van der Waals surface area contributed by atoms with Gasteiger partial charge in [0.05, 0.1) is 19.0 Å². The van der Waals surface area contributed by atoms with E-state index < -0.39 is 0 Å². The van der Waals surface area contributed by atoms with Crippen LogP contribution in [0.2, 0.25) is 0 Å². The molecule has 0 amide bonds. The Bertz CT molecular complexity index is 373. The molecule has 19 heavy (non-hydrogen) atoms. The summed E-state index contributed by atoms with van der Waals surface area (Å²) in [5, 5.41) is 7.99. The summed E-state index contributed by atoms with van der Waals surface area (Å²) in [6.45, 7) is 12.1. The Morgan fingerprint density at radius 2 is 2.00 bits per heavy atom. The fourth-order valence-electron chi connectivity index (χ4n) is 2.51. The van der Waals surface area contributed by atoms with Crippen molar-refractivity contribution in [2.45, 2.75) is 65.5 Å². The highest BCUT2D eigenvalue weighted by molar-refractivity contribution is 5.28. The Morgan fingerprint density at radius 1 is 1.32 bits per heavy atom. The van der Waals surface area contributed by atoms with Crippen LogP contribution in [0.3, 0.4) is 0 Å². The Hall–Kier alpha value is -1.03. The number of hydrogen-bond acceptors (Lipinski definition) is 3. The maximum Gasteiger partial charge on any atom is 0.160 e. The predicted octanol–water partition coefficient (Wildman–Crippen LogP) is 3.35. The van der Waals surface area contributed by atoms with Crippen LogP contribution in [0.25, 0.3) is 0 Å². The fraction of sp³-hybridized carbons (Fsp3) is 0.800. The van der Waals surface area contributed by atoms with E-state index in [9.17, 15) is 0 Å². The SMILES string of the molecule is CCCNC(C)CC(C)c1c(OC)cnn1C(C)C. The van der Waals surface area contributed by atoms with Crippen LogP contribution in [0.5, 0.6) is 5.75 Å². The lowest BCUT2D eigenvalue weighted by molar-refractivity contribution is 0.387. The summed E-state index contributed by atoms with van der Waals surface area (Å²) in [5.74, 6) is 1.34. The van der Waals surface area contributed by atoms with E-state index in [4.69, 9.17) is 4.74 Å². The monoisotopic (exact) mass is 267 g/mol. The van der Waals surface area contributed by atoms with Crippen LogP contribution in [0.1, 0.15) is 65.1 Å². The second-order valence-electron chi connectivity index (χ2n) is 5.63. The van der Waals surface area contributed by atoms with Gasteiger partial charge in [-0.2, -0.15) is 5.10 Å². The first kappa shape index (κ1) is 16.0. The first-order valence-corrected chi connectivity index (χ1v) is 7.35. The Labute approximate surface area is 117 Å². The molecule has 1 aromatic rings. The number of nitrogens with zero attached hydrogens (tertiary/aromatic N) is 2. The molecule has 0 aliphatic carbocycles. The molecule has 4 nitrogen and oxygen atoms in total. The highest BCUT2D eigenvalue weighted by Gasteiger charge is 2.21. The zero-order chi connectivity index (χ0) is 14.4. The summed E-state index contributed by atoms with van der Waals surface area (Å²) >= 11 is 0. The van der Waals surface area contributed by atoms with Gasteiger partial charge in [-0.1, -0.05) is 13.8 Å². The highest BCUT2D eigenvalue weighted by Crippen LogP contribution is 2.31.